The lowest BCUT2D eigenvalue weighted by molar-refractivity contribution is -0.139. The van der Waals surface area contributed by atoms with Gasteiger partial charge in [-0.3, -0.25) is 0 Å². The highest BCUT2D eigenvalue weighted by Crippen LogP contribution is 2.45. The van der Waals surface area contributed by atoms with Gasteiger partial charge in [-0.25, -0.2) is 14.4 Å². The lowest BCUT2D eigenvalue weighted by Gasteiger charge is -2.19. The summed E-state index contributed by atoms with van der Waals surface area (Å²) in [5, 5.41) is 20.8. The topological polar surface area (TPSA) is 122 Å². The number of thiophene rings is 1. The second kappa shape index (κ2) is 9.15. The molecule has 1 heterocycles. The number of carbonyl (C=O) groups excluding carboxylic acids is 1. The average Bonchev–Trinajstić information content (AvgIpc) is 2.94. The van der Waals surface area contributed by atoms with Crippen LogP contribution in [0.25, 0.3) is 10.4 Å². The Morgan fingerprint density at radius 2 is 1.76 bits per heavy atom. The molecule has 1 aromatic heterocycles. The van der Waals surface area contributed by atoms with E-state index in [1.165, 1.54) is 0 Å². The highest BCUT2D eigenvalue weighted by molar-refractivity contribution is 7.18. The molecular weight excluding hydrogens is 422 g/mol. The van der Waals surface area contributed by atoms with Crippen molar-refractivity contribution in [3.05, 3.63) is 39.7 Å². The number of carboxylic acid groups (broad SMARTS) is 2. The van der Waals surface area contributed by atoms with E-state index in [-0.39, 0.29) is 22.2 Å². The largest absolute Gasteiger partial charge is 0.479 e. The van der Waals surface area contributed by atoms with Gasteiger partial charge < -0.3 is 25.0 Å². The minimum absolute atomic E-state index is 0.0354. The number of amides is 1. The van der Waals surface area contributed by atoms with Gasteiger partial charge in [0.1, 0.15) is 10.6 Å². The number of rotatable bonds is 7. The smallest absolute Gasteiger partial charge is 0.407 e. The molecule has 0 spiro atoms. The molecule has 0 aliphatic carbocycles. The van der Waals surface area contributed by atoms with Crippen molar-refractivity contribution in [2.45, 2.75) is 32.9 Å². The number of halogens is 1. The summed E-state index contributed by atoms with van der Waals surface area (Å²) >= 11 is 7.14. The van der Waals surface area contributed by atoms with Gasteiger partial charge in [0.25, 0.3) is 0 Å². The third-order valence-corrected chi connectivity index (χ3v) is 5.08. The molecule has 0 aliphatic rings. The lowest BCUT2D eigenvalue weighted by atomic mass is 10.1. The summed E-state index contributed by atoms with van der Waals surface area (Å²) < 4.78 is 10.2. The van der Waals surface area contributed by atoms with Gasteiger partial charge in [-0.05, 0) is 31.9 Å². The zero-order valence-corrected chi connectivity index (χ0v) is 17.5. The summed E-state index contributed by atoms with van der Waals surface area (Å²) in [4.78, 5) is 34.1. The fraction of sp³-hybridized carbons (Fsp3) is 0.316. The predicted molar refractivity (Wildman–Crippen MR) is 108 cm³/mol. The molecule has 0 radical (unpaired) electrons. The molecule has 2 rings (SSSR count). The molecule has 10 heteroatoms. The first-order chi connectivity index (χ1) is 13.5. The van der Waals surface area contributed by atoms with E-state index in [0.29, 0.717) is 10.4 Å². The number of hydrogen-bond donors (Lipinski definition) is 3. The third-order valence-electron chi connectivity index (χ3n) is 3.40. The van der Waals surface area contributed by atoms with E-state index in [4.69, 9.17) is 26.2 Å². The number of ether oxygens (including phenoxy) is 2. The second-order valence-corrected chi connectivity index (χ2v) is 8.34. The van der Waals surface area contributed by atoms with Crippen molar-refractivity contribution in [1.82, 2.24) is 5.32 Å². The number of benzene rings is 1. The molecule has 0 atom stereocenters. The monoisotopic (exact) mass is 441 g/mol. The predicted octanol–water partition coefficient (Wildman–Crippen LogP) is 4.25. The van der Waals surface area contributed by atoms with E-state index in [2.05, 4.69) is 5.32 Å². The van der Waals surface area contributed by atoms with Crippen LogP contribution in [0.5, 0.6) is 5.75 Å². The fourth-order valence-corrected chi connectivity index (χ4v) is 3.66. The fourth-order valence-electron chi connectivity index (χ4n) is 2.25. The van der Waals surface area contributed by atoms with Gasteiger partial charge in [0.15, 0.2) is 17.2 Å². The molecule has 0 unspecified atom stereocenters. The van der Waals surface area contributed by atoms with Crippen molar-refractivity contribution in [2.75, 3.05) is 6.61 Å². The Hall–Kier alpha value is -2.78. The SMILES string of the molecule is CC(C)(C)OC(=O)NCc1ccc(-c2sc(C(=O)O)c(OCC(=O)O)c2Cl)cc1. The first-order valence-electron chi connectivity index (χ1n) is 8.44. The van der Waals surface area contributed by atoms with Gasteiger partial charge in [0.2, 0.25) is 0 Å². The van der Waals surface area contributed by atoms with Gasteiger partial charge >= 0.3 is 18.0 Å². The summed E-state index contributed by atoms with van der Waals surface area (Å²) in [6.45, 7) is 4.86. The van der Waals surface area contributed by atoms with Gasteiger partial charge in [-0.1, -0.05) is 35.9 Å². The van der Waals surface area contributed by atoms with Crippen molar-refractivity contribution in [2.24, 2.45) is 0 Å². The molecule has 0 aliphatic heterocycles. The first-order valence-corrected chi connectivity index (χ1v) is 9.63. The molecule has 0 bridgehead atoms. The van der Waals surface area contributed by atoms with Crippen LogP contribution < -0.4 is 10.1 Å². The molecule has 156 valence electrons. The maximum atomic E-state index is 11.7. The van der Waals surface area contributed by atoms with Crippen LogP contribution in [0.1, 0.15) is 36.0 Å². The Morgan fingerprint density at radius 1 is 1.14 bits per heavy atom. The summed E-state index contributed by atoms with van der Waals surface area (Å²) in [5.41, 5.74) is 0.841. The van der Waals surface area contributed by atoms with E-state index in [9.17, 15) is 19.5 Å². The number of alkyl carbamates (subject to hydrolysis) is 1. The number of aliphatic carboxylic acids is 1. The number of carbonyl (C=O) groups is 3. The van der Waals surface area contributed by atoms with Gasteiger partial charge in [0.05, 0.1) is 4.88 Å². The second-order valence-electron chi connectivity index (χ2n) is 6.94. The Bertz CT molecular complexity index is 916. The highest BCUT2D eigenvalue weighted by atomic mass is 35.5. The maximum Gasteiger partial charge on any atom is 0.407 e. The molecule has 3 N–H and O–H groups in total. The number of carboxylic acids is 2. The molecule has 1 aromatic carbocycles. The first kappa shape index (κ1) is 22.5. The quantitative estimate of drug-likeness (QED) is 0.586. The maximum absolute atomic E-state index is 11.7. The normalized spacial score (nSPS) is 11.0. The van der Waals surface area contributed by atoms with E-state index in [1.54, 1.807) is 45.0 Å². The van der Waals surface area contributed by atoms with Crippen molar-refractivity contribution >= 4 is 41.0 Å². The molecule has 1 amide bonds. The Morgan fingerprint density at radius 3 is 2.28 bits per heavy atom. The van der Waals surface area contributed by atoms with Crippen LogP contribution in [0.3, 0.4) is 0 Å². The van der Waals surface area contributed by atoms with Crippen LogP contribution in [0.15, 0.2) is 24.3 Å². The minimum atomic E-state index is -1.26. The van der Waals surface area contributed by atoms with Crippen LogP contribution in [0, 0.1) is 0 Å². The van der Waals surface area contributed by atoms with Crippen molar-refractivity contribution < 1.29 is 34.1 Å². The van der Waals surface area contributed by atoms with Gasteiger partial charge in [-0.15, -0.1) is 11.3 Å². The number of nitrogens with one attached hydrogen (secondary N) is 1. The molecule has 0 fully saturated rings. The Labute approximate surface area is 176 Å². The molecule has 0 saturated heterocycles. The van der Waals surface area contributed by atoms with Crippen LogP contribution in [0.4, 0.5) is 4.79 Å². The van der Waals surface area contributed by atoms with E-state index < -0.39 is 30.2 Å². The summed E-state index contributed by atoms with van der Waals surface area (Å²) in [6, 6.07) is 6.94. The standard InChI is InChI=1S/C19H20ClNO7S/c1-19(2,3)28-18(26)21-8-10-4-6-11(7-5-10)15-13(20)14(27-9-12(22)23)16(29-15)17(24)25/h4-7H,8-9H2,1-3H3,(H,21,26)(H,22,23)(H,24,25). The highest BCUT2D eigenvalue weighted by Gasteiger charge is 2.24. The number of aromatic carboxylic acids is 1. The average molecular weight is 442 g/mol. The Kier molecular flexibility index (Phi) is 7.10. The van der Waals surface area contributed by atoms with Crippen molar-refractivity contribution in [3.8, 4) is 16.2 Å². The minimum Gasteiger partial charge on any atom is -0.479 e. The van der Waals surface area contributed by atoms with E-state index >= 15 is 0 Å². The zero-order chi connectivity index (χ0) is 21.8. The summed E-state index contributed by atoms with van der Waals surface area (Å²) in [5.74, 6) is -2.68. The van der Waals surface area contributed by atoms with E-state index in [0.717, 1.165) is 16.9 Å². The molecule has 8 nitrogen and oxygen atoms in total. The van der Waals surface area contributed by atoms with E-state index in [1.807, 2.05) is 0 Å². The molecule has 2 aromatic rings. The van der Waals surface area contributed by atoms with Crippen LogP contribution >= 0.6 is 22.9 Å². The number of hydrogen-bond acceptors (Lipinski definition) is 6. The van der Waals surface area contributed by atoms with Gasteiger partial charge in [-0.2, -0.15) is 0 Å². The lowest BCUT2D eigenvalue weighted by Crippen LogP contribution is -2.32. The van der Waals surface area contributed by atoms with Crippen molar-refractivity contribution in [3.63, 3.8) is 0 Å². The van der Waals surface area contributed by atoms with Crippen molar-refractivity contribution in [1.29, 1.82) is 0 Å². The van der Waals surface area contributed by atoms with Gasteiger partial charge in [0, 0.05) is 6.54 Å². The Balaban J connectivity index is 2.17. The molecule has 0 saturated carbocycles. The molecular formula is C19H20ClNO7S. The summed E-state index contributed by atoms with van der Waals surface area (Å²) in [6.07, 6.45) is -0.533. The summed E-state index contributed by atoms with van der Waals surface area (Å²) in [7, 11) is 0. The molecule has 29 heavy (non-hydrogen) atoms. The van der Waals surface area contributed by atoms with Crippen LogP contribution in [0.2, 0.25) is 5.02 Å². The van der Waals surface area contributed by atoms with Crippen LogP contribution in [-0.2, 0) is 16.1 Å². The zero-order valence-electron chi connectivity index (χ0n) is 15.9. The third kappa shape index (κ3) is 6.37. The van der Waals surface area contributed by atoms with Crippen LogP contribution in [-0.4, -0.2) is 40.5 Å².